The summed E-state index contributed by atoms with van der Waals surface area (Å²) in [7, 11) is 0. The van der Waals surface area contributed by atoms with E-state index in [1.54, 1.807) is 6.08 Å². The molecule has 0 radical (unpaired) electrons. The van der Waals surface area contributed by atoms with Gasteiger partial charge in [-0.3, -0.25) is 5.32 Å². The molecule has 1 aromatic carbocycles. The molecule has 0 saturated carbocycles. The van der Waals surface area contributed by atoms with Crippen LogP contribution in [0.2, 0.25) is 0 Å². The summed E-state index contributed by atoms with van der Waals surface area (Å²) in [6, 6.07) is 5.03. The van der Waals surface area contributed by atoms with Crippen LogP contribution in [0, 0.1) is 5.82 Å². The number of carbonyl (C=O) groups is 1. The van der Waals surface area contributed by atoms with E-state index in [1.165, 1.54) is 47.4 Å². The first-order chi connectivity index (χ1) is 9.67. The van der Waals surface area contributed by atoms with Crippen LogP contribution in [0.5, 0.6) is 0 Å². The van der Waals surface area contributed by atoms with E-state index in [9.17, 15) is 9.18 Å². The van der Waals surface area contributed by atoms with Gasteiger partial charge in [0, 0.05) is 11.4 Å². The zero-order chi connectivity index (χ0) is 14.4. The minimum absolute atomic E-state index is 0.357. The van der Waals surface area contributed by atoms with Crippen LogP contribution in [0.25, 0.3) is 0 Å². The number of rotatable bonds is 5. The number of hydrogen-bond donors (Lipinski definition) is 2. The van der Waals surface area contributed by atoms with E-state index in [1.807, 2.05) is 0 Å². The number of nitrogens with zero attached hydrogens (tertiary/aromatic N) is 2. The smallest absolute Gasteiger partial charge is 0.308 e. The van der Waals surface area contributed by atoms with E-state index in [-0.39, 0.29) is 5.82 Å². The third-order valence-electron chi connectivity index (χ3n) is 2.05. The number of carbonyl (C=O) groups excluding carboxylic acids is 1. The predicted octanol–water partition coefficient (Wildman–Crippen LogP) is 3.60. The molecule has 2 rings (SSSR count). The molecule has 8 heteroatoms. The monoisotopic (exact) mass is 310 g/mol. The first-order valence-corrected chi connectivity index (χ1v) is 7.38. The maximum Gasteiger partial charge on any atom is 0.325 e. The molecule has 1 aromatic heterocycles. The van der Waals surface area contributed by atoms with Crippen LogP contribution < -0.4 is 10.6 Å². The van der Waals surface area contributed by atoms with Crippen molar-refractivity contribution in [2.45, 2.75) is 4.34 Å². The largest absolute Gasteiger partial charge is 0.325 e. The molecule has 0 fully saturated rings. The van der Waals surface area contributed by atoms with E-state index < -0.39 is 6.03 Å². The summed E-state index contributed by atoms with van der Waals surface area (Å²) in [6.07, 6.45) is 1.76. The molecule has 5 nitrogen and oxygen atoms in total. The molecule has 0 saturated heterocycles. The van der Waals surface area contributed by atoms with E-state index in [2.05, 4.69) is 27.4 Å². The normalized spacial score (nSPS) is 10.1. The Morgan fingerprint density at radius 3 is 2.80 bits per heavy atom. The molecule has 2 N–H and O–H groups in total. The summed E-state index contributed by atoms with van der Waals surface area (Å²) < 4.78 is 13.5. The quantitative estimate of drug-likeness (QED) is 0.503. The fraction of sp³-hybridized carbons (Fsp3) is 0.0833. The van der Waals surface area contributed by atoms with Gasteiger partial charge in [0.1, 0.15) is 5.82 Å². The molecule has 1 heterocycles. The van der Waals surface area contributed by atoms with Crippen molar-refractivity contribution in [1.29, 1.82) is 0 Å². The van der Waals surface area contributed by atoms with Gasteiger partial charge in [-0.1, -0.05) is 29.2 Å². The number of anilines is 2. The Morgan fingerprint density at radius 2 is 2.10 bits per heavy atom. The van der Waals surface area contributed by atoms with Crippen LogP contribution in [0.15, 0.2) is 41.3 Å². The molecular weight excluding hydrogens is 299 g/mol. The van der Waals surface area contributed by atoms with E-state index in [0.29, 0.717) is 10.8 Å². The van der Waals surface area contributed by atoms with Crippen LogP contribution in [-0.4, -0.2) is 22.0 Å². The molecule has 0 aliphatic heterocycles. The number of thioether (sulfide) groups is 1. The highest BCUT2D eigenvalue weighted by molar-refractivity contribution is 8.01. The summed E-state index contributed by atoms with van der Waals surface area (Å²) in [6.45, 7) is 3.61. The van der Waals surface area contributed by atoms with E-state index >= 15 is 0 Å². The van der Waals surface area contributed by atoms with Gasteiger partial charge >= 0.3 is 6.03 Å². The minimum atomic E-state index is -0.451. The second-order valence-corrected chi connectivity index (χ2v) is 5.80. The summed E-state index contributed by atoms with van der Waals surface area (Å²) in [5, 5.41) is 13.3. The van der Waals surface area contributed by atoms with E-state index in [0.717, 1.165) is 10.1 Å². The number of urea groups is 1. The summed E-state index contributed by atoms with van der Waals surface area (Å²) in [4.78, 5) is 11.7. The van der Waals surface area contributed by atoms with Crippen molar-refractivity contribution < 1.29 is 9.18 Å². The van der Waals surface area contributed by atoms with Crippen molar-refractivity contribution in [2.24, 2.45) is 0 Å². The van der Waals surface area contributed by atoms with Crippen molar-refractivity contribution in [3.05, 3.63) is 42.7 Å². The summed E-state index contributed by atoms with van der Waals surface area (Å²) in [5.74, 6) is 0.375. The zero-order valence-electron chi connectivity index (χ0n) is 10.3. The van der Waals surface area contributed by atoms with Crippen molar-refractivity contribution in [1.82, 2.24) is 10.2 Å². The van der Waals surface area contributed by atoms with Crippen LogP contribution in [0.1, 0.15) is 0 Å². The summed E-state index contributed by atoms with van der Waals surface area (Å²) >= 11 is 2.76. The molecule has 0 aliphatic rings. The number of amides is 2. The second-order valence-electron chi connectivity index (χ2n) is 3.56. The predicted molar refractivity (Wildman–Crippen MR) is 79.9 cm³/mol. The van der Waals surface area contributed by atoms with Crippen LogP contribution in [0.3, 0.4) is 0 Å². The Labute approximate surface area is 123 Å². The van der Waals surface area contributed by atoms with E-state index in [4.69, 9.17) is 0 Å². The van der Waals surface area contributed by atoms with Crippen molar-refractivity contribution in [2.75, 3.05) is 16.4 Å². The van der Waals surface area contributed by atoms with Crippen LogP contribution in [-0.2, 0) is 0 Å². The molecule has 0 atom stereocenters. The average Bonchev–Trinajstić information content (AvgIpc) is 2.86. The van der Waals surface area contributed by atoms with Crippen molar-refractivity contribution in [3.8, 4) is 0 Å². The SMILES string of the molecule is C=CCSc1nnc(NC(=O)Nc2ccc(F)cc2)s1. The number of halogens is 1. The minimum Gasteiger partial charge on any atom is -0.308 e. The molecular formula is C12H11FN4OS2. The maximum atomic E-state index is 12.7. The molecule has 104 valence electrons. The molecule has 20 heavy (non-hydrogen) atoms. The Hall–Kier alpha value is -1.93. The van der Waals surface area contributed by atoms with Gasteiger partial charge in [-0.2, -0.15) is 0 Å². The lowest BCUT2D eigenvalue weighted by Crippen LogP contribution is -2.19. The van der Waals surface area contributed by atoms with Gasteiger partial charge in [0.15, 0.2) is 4.34 Å². The van der Waals surface area contributed by atoms with Crippen LogP contribution in [0.4, 0.5) is 20.0 Å². The highest BCUT2D eigenvalue weighted by atomic mass is 32.2. The maximum absolute atomic E-state index is 12.7. The molecule has 0 unspecified atom stereocenters. The van der Waals surface area contributed by atoms with Gasteiger partial charge < -0.3 is 5.32 Å². The first-order valence-electron chi connectivity index (χ1n) is 5.58. The number of nitrogens with one attached hydrogen (secondary N) is 2. The van der Waals surface area contributed by atoms with Gasteiger partial charge in [0.05, 0.1) is 0 Å². The highest BCUT2D eigenvalue weighted by Crippen LogP contribution is 2.25. The lowest BCUT2D eigenvalue weighted by Gasteiger charge is -2.04. The summed E-state index contributed by atoms with van der Waals surface area (Å²) in [5.41, 5.74) is 0.495. The lowest BCUT2D eigenvalue weighted by atomic mass is 10.3. The zero-order valence-corrected chi connectivity index (χ0v) is 11.9. The lowest BCUT2D eigenvalue weighted by molar-refractivity contribution is 0.262. The fourth-order valence-corrected chi connectivity index (χ4v) is 2.75. The number of aromatic nitrogens is 2. The van der Waals surface area contributed by atoms with Gasteiger partial charge in [0.2, 0.25) is 5.13 Å². The third-order valence-corrected chi connectivity index (χ3v) is 4.02. The van der Waals surface area contributed by atoms with Gasteiger partial charge in [-0.05, 0) is 24.3 Å². The Morgan fingerprint density at radius 1 is 1.35 bits per heavy atom. The standard InChI is InChI=1S/C12H11FN4OS2/c1-2-7-19-12-17-16-11(20-12)15-10(18)14-9-5-3-8(13)4-6-9/h2-6H,1,7H2,(H2,14,15,16,18). The molecule has 0 bridgehead atoms. The first kappa shape index (κ1) is 14.5. The Kier molecular flexibility index (Phi) is 5.08. The van der Waals surface area contributed by atoms with Gasteiger partial charge in [-0.25, -0.2) is 9.18 Å². The topological polar surface area (TPSA) is 66.9 Å². The Balaban J connectivity index is 1.89. The highest BCUT2D eigenvalue weighted by Gasteiger charge is 2.08. The van der Waals surface area contributed by atoms with Gasteiger partial charge in [-0.15, -0.1) is 16.8 Å². The molecule has 0 aliphatic carbocycles. The Bertz CT molecular complexity index is 600. The van der Waals surface area contributed by atoms with Crippen LogP contribution >= 0.6 is 23.1 Å². The number of benzene rings is 1. The average molecular weight is 310 g/mol. The van der Waals surface area contributed by atoms with Gasteiger partial charge in [0.25, 0.3) is 0 Å². The second kappa shape index (κ2) is 7.01. The van der Waals surface area contributed by atoms with Crippen molar-refractivity contribution >= 4 is 39.9 Å². The fourth-order valence-electron chi connectivity index (χ4n) is 1.24. The number of hydrogen-bond acceptors (Lipinski definition) is 5. The van der Waals surface area contributed by atoms with Crippen molar-refractivity contribution in [3.63, 3.8) is 0 Å². The molecule has 0 spiro atoms. The molecule has 2 aromatic rings. The molecule has 2 amide bonds. The third kappa shape index (κ3) is 4.32.